The molecular weight excluding hydrogens is 289 g/mol. The lowest BCUT2D eigenvalue weighted by Crippen LogP contribution is -2.13. The molecule has 1 heterocycles. The molecule has 0 atom stereocenters. The van der Waals surface area contributed by atoms with Crippen molar-refractivity contribution in [2.75, 3.05) is 0 Å². The summed E-state index contributed by atoms with van der Waals surface area (Å²) in [7, 11) is 0. The second kappa shape index (κ2) is 5.79. The summed E-state index contributed by atoms with van der Waals surface area (Å²) in [5.41, 5.74) is 0.269. The number of hydrogen-bond donors (Lipinski definition) is 0. The van der Waals surface area contributed by atoms with Crippen LogP contribution in [0.1, 0.15) is 5.56 Å². The molecule has 0 saturated heterocycles. The number of halogens is 2. The van der Waals surface area contributed by atoms with Crippen LogP contribution in [-0.2, 0) is 17.8 Å². The molecule has 20 heavy (non-hydrogen) atoms. The normalized spacial score (nSPS) is 10.5. The fourth-order valence-corrected chi connectivity index (χ4v) is 1.90. The highest BCUT2D eigenvalue weighted by Crippen LogP contribution is 2.21. The summed E-state index contributed by atoms with van der Waals surface area (Å²) < 4.78 is 14.5. The highest BCUT2D eigenvalue weighted by Gasteiger charge is 2.20. The first-order valence-corrected chi connectivity index (χ1v) is 5.97. The Morgan fingerprint density at radius 1 is 1.45 bits per heavy atom. The van der Waals surface area contributed by atoms with Gasteiger partial charge in [-0.15, -0.1) is 0 Å². The van der Waals surface area contributed by atoms with E-state index in [0.29, 0.717) is 0 Å². The third-order valence-electron chi connectivity index (χ3n) is 2.56. The quantitative estimate of drug-likeness (QED) is 0.627. The average molecular weight is 298 g/mol. The highest BCUT2D eigenvalue weighted by atomic mass is 35.5. The maximum Gasteiger partial charge on any atom is 0.408 e. The predicted molar refractivity (Wildman–Crippen MR) is 69.0 cm³/mol. The Bertz CT molecular complexity index is 672. The van der Waals surface area contributed by atoms with E-state index in [1.165, 1.54) is 24.4 Å². The number of carbonyl (C=O) groups is 1. The van der Waals surface area contributed by atoms with E-state index in [4.69, 9.17) is 11.6 Å². The maximum absolute atomic E-state index is 13.4. The van der Waals surface area contributed by atoms with Gasteiger partial charge in [0.15, 0.2) is 10.8 Å². The van der Waals surface area contributed by atoms with Gasteiger partial charge in [-0.05, 0) is 16.6 Å². The molecule has 104 valence electrons. The summed E-state index contributed by atoms with van der Waals surface area (Å²) >= 11 is 5.61. The second-order valence-corrected chi connectivity index (χ2v) is 4.47. The van der Waals surface area contributed by atoms with Gasteiger partial charge < -0.3 is 10.1 Å². The van der Waals surface area contributed by atoms with Crippen LogP contribution < -0.4 is 0 Å². The van der Waals surface area contributed by atoms with E-state index >= 15 is 0 Å². The molecule has 0 unspecified atom stereocenters. The molecule has 0 aliphatic heterocycles. The van der Waals surface area contributed by atoms with Gasteiger partial charge in [0.2, 0.25) is 0 Å². The minimum atomic E-state index is -0.736. The Morgan fingerprint density at radius 3 is 2.75 bits per heavy atom. The van der Waals surface area contributed by atoms with Gasteiger partial charge in [0.05, 0.1) is 11.3 Å². The van der Waals surface area contributed by atoms with E-state index in [2.05, 4.69) is 5.10 Å². The lowest BCUT2D eigenvalue weighted by molar-refractivity contribution is -0.389. The van der Waals surface area contributed by atoms with Crippen LogP contribution in [0.15, 0.2) is 30.5 Å². The standard InChI is InChI=1S/C12H9ClFN3O3/c13-10-7-16(15-12(10)17(19)20)6-9(18)5-8-3-1-2-4-11(8)14/h1-4,7H,5-6H2. The zero-order chi connectivity index (χ0) is 14.7. The Labute approximate surface area is 117 Å². The lowest BCUT2D eigenvalue weighted by atomic mass is 10.1. The highest BCUT2D eigenvalue weighted by molar-refractivity contribution is 6.32. The van der Waals surface area contributed by atoms with Crippen LogP contribution in [0.25, 0.3) is 0 Å². The number of benzene rings is 1. The summed E-state index contributed by atoms with van der Waals surface area (Å²) in [5.74, 6) is -1.31. The van der Waals surface area contributed by atoms with Crippen LogP contribution in [0, 0.1) is 15.9 Å². The molecule has 1 aromatic carbocycles. The SMILES string of the molecule is O=C(Cc1ccccc1F)Cn1cc(Cl)c([N+](=O)[O-])n1. The van der Waals surface area contributed by atoms with Crippen molar-refractivity contribution in [3.05, 3.63) is 57.0 Å². The van der Waals surface area contributed by atoms with Crippen LogP contribution in [-0.4, -0.2) is 20.5 Å². The summed E-state index contributed by atoms with van der Waals surface area (Å²) in [6.07, 6.45) is 1.08. The number of hydrogen-bond acceptors (Lipinski definition) is 4. The fraction of sp³-hybridized carbons (Fsp3) is 0.167. The van der Waals surface area contributed by atoms with Gasteiger partial charge in [-0.25, -0.2) is 4.39 Å². The molecule has 0 bridgehead atoms. The number of rotatable bonds is 5. The van der Waals surface area contributed by atoms with Crippen molar-refractivity contribution in [1.82, 2.24) is 9.78 Å². The number of nitro groups is 1. The van der Waals surface area contributed by atoms with E-state index in [0.717, 1.165) is 4.68 Å². The predicted octanol–water partition coefficient (Wildman–Crippen LogP) is 2.40. The zero-order valence-electron chi connectivity index (χ0n) is 10.1. The molecule has 2 rings (SSSR count). The van der Waals surface area contributed by atoms with E-state index in [1.54, 1.807) is 6.07 Å². The van der Waals surface area contributed by atoms with Crippen molar-refractivity contribution < 1.29 is 14.1 Å². The molecule has 8 heteroatoms. The van der Waals surface area contributed by atoms with E-state index in [-0.39, 0.29) is 29.3 Å². The smallest absolute Gasteiger partial charge is 0.358 e. The number of Topliss-reactive ketones (excluding diaryl/α,β-unsaturated/α-hetero) is 1. The molecular formula is C12H9ClFN3O3. The van der Waals surface area contributed by atoms with Gasteiger partial charge in [0, 0.05) is 6.42 Å². The summed E-state index contributed by atoms with van der Waals surface area (Å²) in [5, 5.41) is 14.0. The number of nitrogens with zero attached hydrogens (tertiary/aromatic N) is 3. The molecule has 2 aromatic rings. The van der Waals surface area contributed by atoms with Crippen LogP contribution in [0.4, 0.5) is 10.2 Å². The van der Waals surface area contributed by atoms with Gasteiger partial charge in [0.1, 0.15) is 12.4 Å². The third kappa shape index (κ3) is 3.18. The second-order valence-electron chi connectivity index (χ2n) is 4.06. The van der Waals surface area contributed by atoms with E-state index in [1.807, 2.05) is 0 Å². The zero-order valence-corrected chi connectivity index (χ0v) is 10.9. The van der Waals surface area contributed by atoms with Gasteiger partial charge in [-0.3, -0.25) is 4.79 Å². The van der Waals surface area contributed by atoms with Crippen LogP contribution >= 0.6 is 11.6 Å². The lowest BCUT2D eigenvalue weighted by Gasteiger charge is -2.01. The van der Waals surface area contributed by atoms with E-state index < -0.39 is 16.6 Å². The minimum Gasteiger partial charge on any atom is -0.358 e. The average Bonchev–Trinajstić information content (AvgIpc) is 2.73. The molecule has 0 aliphatic rings. The van der Waals surface area contributed by atoms with Gasteiger partial charge in [-0.1, -0.05) is 29.8 Å². The number of aromatic nitrogens is 2. The van der Waals surface area contributed by atoms with Crippen LogP contribution in [0.2, 0.25) is 5.02 Å². The first kappa shape index (κ1) is 14.1. The monoisotopic (exact) mass is 297 g/mol. The number of ketones is 1. The molecule has 0 aliphatic carbocycles. The molecule has 0 N–H and O–H groups in total. The molecule has 0 fully saturated rings. The van der Waals surface area contributed by atoms with Crippen molar-refractivity contribution >= 4 is 23.2 Å². The van der Waals surface area contributed by atoms with Crippen molar-refractivity contribution in [2.24, 2.45) is 0 Å². The minimum absolute atomic E-state index is 0.113. The Hall–Kier alpha value is -2.28. The Morgan fingerprint density at radius 2 is 2.15 bits per heavy atom. The Balaban J connectivity index is 2.07. The largest absolute Gasteiger partial charge is 0.408 e. The van der Waals surface area contributed by atoms with Crippen molar-refractivity contribution in [3.8, 4) is 0 Å². The van der Waals surface area contributed by atoms with Crippen LogP contribution in [0.5, 0.6) is 0 Å². The molecule has 0 saturated carbocycles. The maximum atomic E-state index is 13.4. The van der Waals surface area contributed by atoms with Gasteiger partial charge in [0.25, 0.3) is 0 Å². The first-order valence-electron chi connectivity index (χ1n) is 5.60. The summed E-state index contributed by atoms with van der Waals surface area (Å²) in [4.78, 5) is 21.6. The molecule has 1 aromatic heterocycles. The Kier molecular flexibility index (Phi) is 4.09. The van der Waals surface area contributed by atoms with Gasteiger partial charge >= 0.3 is 5.82 Å². The van der Waals surface area contributed by atoms with Crippen molar-refractivity contribution in [1.29, 1.82) is 0 Å². The number of carbonyl (C=O) groups excluding carboxylic acids is 1. The molecule has 6 nitrogen and oxygen atoms in total. The third-order valence-corrected chi connectivity index (χ3v) is 2.82. The molecule has 0 amide bonds. The summed E-state index contributed by atoms with van der Waals surface area (Å²) in [6.45, 7) is -0.206. The van der Waals surface area contributed by atoms with E-state index in [9.17, 15) is 19.3 Å². The first-order chi connectivity index (χ1) is 9.47. The molecule has 0 radical (unpaired) electrons. The van der Waals surface area contributed by atoms with Crippen molar-refractivity contribution in [2.45, 2.75) is 13.0 Å². The molecule has 0 spiro atoms. The summed E-state index contributed by atoms with van der Waals surface area (Å²) in [6, 6.07) is 5.92. The topological polar surface area (TPSA) is 78.0 Å². The fourth-order valence-electron chi connectivity index (χ4n) is 1.68. The van der Waals surface area contributed by atoms with Gasteiger partial charge in [-0.2, -0.15) is 4.68 Å². The van der Waals surface area contributed by atoms with Crippen LogP contribution in [0.3, 0.4) is 0 Å². The van der Waals surface area contributed by atoms with Crippen molar-refractivity contribution in [3.63, 3.8) is 0 Å².